The van der Waals surface area contributed by atoms with Gasteiger partial charge in [0.15, 0.2) is 5.78 Å². The lowest BCUT2D eigenvalue weighted by molar-refractivity contribution is 0.317. The monoisotopic (exact) mass is 321 g/mol. The summed E-state index contributed by atoms with van der Waals surface area (Å²) < 4.78 is 17.3. The summed E-state index contributed by atoms with van der Waals surface area (Å²) in [4.78, 5) is 19.2. The van der Waals surface area contributed by atoms with Crippen molar-refractivity contribution in [3.05, 3.63) is 60.2 Å². The summed E-state index contributed by atoms with van der Waals surface area (Å²) in [7, 11) is -4.35. The molecule has 118 valence electrons. The van der Waals surface area contributed by atoms with E-state index in [4.69, 9.17) is 4.74 Å². The van der Waals surface area contributed by atoms with Crippen molar-refractivity contribution in [3.63, 3.8) is 0 Å². The summed E-state index contributed by atoms with van der Waals surface area (Å²) in [6.45, 7) is 2.63. The first kappa shape index (κ1) is 16.6. The van der Waals surface area contributed by atoms with Crippen LogP contribution in [0.4, 0.5) is 5.69 Å². The van der Waals surface area contributed by atoms with Crippen molar-refractivity contribution in [2.45, 2.75) is 19.1 Å². The third-order valence-electron chi connectivity index (χ3n) is 3.08. The quantitative estimate of drug-likeness (QED) is 0.677. The van der Waals surface area contributed by atoms with Gasteiger partial charge in [0.2, 0.25) is 0 Å². The number of rotatable bonds is 7. The molecule has 0 aliphatic rings. The molecule has 0 aliphatic heterocycles. The zero-order valence-corrected chi connectivity index (χ0v) is 13.2. The SMILES string of the molecule is CCCOc1ccc(C(Nc2ccccc2)P(=O)(O)O)cc1. The molecule has 5 nitrogen and oxygen atoms in total. The van der Waals surface area contributed by atoms with E-state index in [1.807, 2.05) is 13.0 Å². The highest BCUT2D eigenvalue weighted by Gasteiger charge is 2.30. The summed E-state index contributed by atoms with van der Waals surface area (Å²) in [5.74, 6) is -0.398. The number of para-hydroxylation sites is 1. The molecule has 0 aliphatic carbocycles. The van der Waals surface area contributed by atoms with Gasteiger partial charge in [0.1, 0.15) is 5.75 Å². The minimum atomic E-state index is -4.35. The van der Waals surface area contributed by atoms with Gasteiger partial charge in [-0.05, 0) is 36.2 Å². The van der Waals surface area contributed by atoms with E-state index in [1.54, 1.807) is 48.5 Å². The van der Waals surface area contributed by atoms with Gasteiger partial charge in [-0.3, -0.25) is 4.57 Å². The van der Waals surface area contributed by atoms with Crippen LogP contribution in [0.1, 0.15) is 24.7 Å². The van der Waals surface area contributed by atoms with E-state index in [-0.39, 0.29) is 0 Å². The lowest BCUT2D eigenvalue weighted by atomic mass is 10.2. The molecule has 0 aromatic heterocycles. The van der Waals surface area contributed by atoms with Gasteiger partial charge < -0.3 is 19.8 Å². The summed E-state index contributed by atoms with van der Waals surface area (Å²) >= 11 is 0. The molecule has 2 rings (SSSR count). The number of ether oxygens (including phenoxy) is 1. The Kier molecular flexibility index (Phi) is 5.61. The summed E-state index contributed by atoms with van der Waals surface area (Å²) in [5.41, 5.74) is 1.17. The van der Waals surface area contributed by atoms with Crippen molar-refractivity contribution in [3.8, 4) is 5.75 Å². The largest absolute Gasteiger partial charge is 0.494 e. The van der Waals surface area contributed by atoms with Crippen molar-refractivity contribution in [2.75, 3.05) is 11.9 Å². The molecule has 0 spiro atoms. The van der Waals surface area contributed by atoms with Gasteiger partial charge in [-0.25, -0.2) is 0 Å². The first-order valence-electron chi connectivity index (χ1n) is 7.10. The van der Waals surface area contributed by atoms with Crippen molar-refractivity contribution >= 4 is 13.3 Å². The highest BCUT2D eigenvalue weighted by Crippen LogP contribution is 2.51. The Labute approximate surface area is 130 Å². The zero-order chi connectivity index (χ0) is 16.0. The maximum Gasteiger partial charge on any atom is 0.352 e. The third-order valence-corrected chi connectivity index (χ3v) is 4.18. The molecule has 0 bridgehead atoms. The molecular weight excluding hydrogens is 301 g/mol. The van der Waals surface area contributed by atoms with Gasteiger partial charge in [-0.1, -0.05) is 37.3 Å². The van der Waals surface area contributed by atoms with Crippen LogP contribution in [-0.2, 0) is 4.57 Å². The van der Waals surface area contributed by atoms with Crippen LogP contribution in [0, 0.1) is 0 Å². The fourth-order valence-electron chi connectivity index (χ4n) is 2.02. The Balaban J connectivity index is 2.21. The first-order chi connectivity index (χ1) is 10.5. The van der Waals surface area contributed by atoms with Crippen molar-refractivity contribution in [1.82, 2.24) is 0 Å². The van der Waals surface area contributed by atoms with Crippen LogP contribution in [0.15, 0.2) is 54.6 Å². The molecule has 2 aromatic rings. The van der Waals surface area contributed by atoms with Crippen LogP contribution >= 0.6 is 7.60 Å². The summed E-state index contributed by atoms with van der Waals surface area (Å²) in [6, 6.07) is 15.8. The minimum Gasteiger partial charge on any atom is -0.494 e. The number of anilines is 1. The molecule has 6 heteroatoms. The van der Waals surface area contributed by atoms with Crippen molar-refractivity contribution in [2.24, 2.45) is 0 Å². The van der Waals surface area contributed by atoms with E-state index >= 15 is 0 Å². The molecule has 1 atom stereocenters. The van der Waals surface area contributed by atoms with Crippen molar-refractivity contribution in [1.29, 1.82) is 0 Å². The predicted molar refractivity (Wildman–Crippen MR) is 87.1 cm³/mol. The number of hydrogen-bond donors (Lipinski definition) is 3. The van der Waals surface area contributed by atoms with E-state index in [0.29, 0.717) is 23.6 Å². The lowest BCUT2D eigenvalue weighted by Gasteiger charge is -2.21. The standard InChI is InChI=1S/C16H20NO4P/c1-2-12-21-15-10-8-13(9-11-15)16(22(18,19)20)17-14-6-4-3-5-7-14/h3-11,16-17H,2,12H2,1H3,(H2,18,19,20). The molecular formula is C16H20NO4P. The molecule has 0 amide bonds. The number of benzene rings is 2. The Morgan fingerprint density at radius 2 is 1.73 bits per heavy atom. The van der Waals surface area contributed by atoms with E-state index in [9.17, 15) is 14.4 Å². The molecule has 0 saturated heterocycles. The Bertz CT molecular complexity index is 624. The molecule has 0 fully saturated rings. The Morgan fingerprint density at radius 3 is 2.27 bits per heavy atom. The summed E-state index contributed by atoms with van der Waals surface area (Å²) in [5, 5.41) is 2.89. The average molecular weight is 321 g/mol. The second-order valence-corrected chi connectivity index (χ2v) is 6.61. The first-order valence-corrected chi connectivity index (χ1v) is 8.78. The van der Waals surface area contributed by atoms with Gasteiger partial charge >= 0.3 is 7.60 Å². The predicted octanol–water partition coefficient (Wildman–Crippen LogP) is 3.76. The second-order valence-electron chi connectivity index (χ2n) is 4.92. The van der Waals surface area contributed by atoms with Crippen LogP contribution in [0.5, 0.6) is 5.75 Å². The van der Waals surface area contributed by atoms with Gasteiger partial charge in [0, 0.05) is 5.69 Å². The fraction of sp³-hybridized carbons (Fsp3) is 0.250. The highest BCUT2D eigenvalue weighted by atomic mass is 31.2. The van der Waals surface area contributed by atoms with Crippen molar-refractivity contribution < 1.29 is 19.1 Å². The van der Waals surface area contributed by atoms with Crippen LogP contribution in [0.2, 0.25) is 0 Å². The molecule has 22 heavy (non-hydrogen) atoms. The van der Waals surface area contributed by atoms with E-state index in [2.05, 4.69) is 5.32 Å². The minimum absolute atomic E-state index is 0.515. The van der Waals surface area contributed by atoms with Crippen LogP contribution < -0.4 is 10.1 Å². The highest BCUT2D eigenvalue weighted by molar-refractivity contribution is 7.52. The maximum atomic E-state index is 11.8. The Morgan fingerprint density at radius 1 is 1.09 bits per heavy atom. The van der Waals surface area contributed by atoms with Gasteiger partial charge in [0.25, 0.3) is 0 Å². The second kappa shape index (κ2) is 7.45. The lowest BCUT2D eigenvalue weighted by Crippen LogP contribution is -2.11. The topological polar surface area (TPSA) is 78.8 Å². The molecule has 2 aromatic carbocycles. The molecule has 0 radical (unpaired) electrons. The average Bonchev–Trinajstić information content (AvgIpc) is 2.51. The number of hydrogen-bond acceptors (Lipinski definition) is 3. The molecule has 3 N–H and O–H groups in total. The summed E-state index contributed by atoms with van der Waals surface area (Å²) in [6.07, 6.45) is 0.905. The van der Waals surface area contributed by atoms with Gasteiger partial charge in [-0.2, -0.15) is 0 Å². The van der Waals surface area contributed by atoms with Gasteiger partial charge in [0.05, 0.1) is 6.61 Å². The smallest absolute Gasteiger partial charge is 0.352 e. The van der Waals surface area contributed by atoms with Gasteiger partial charge in [-0.15, -0.1) is 0 Å². The number of nitrogens with one attached hydrogen (secondary N) is 1. The van der Waals surface area contributed by atoms with E-state index < -0.39 is 13.4 Å². The normalized spacial score (nSPS) is 12.7. The Hall–Kier alpha value is -1.81. The third kappa shape index (κ3) is 4.60. The maximum absolute atomic E-state index is 11.8. The van der Waals surface area contributed by atoms with E-state index in [0.717, 1.165) is 6.42 Å². The molecule has 0 heterocycles. The van der Waals surface area contributed by atoms with Crippen LogP contribution in [0.25, 0.3) is 0 Å². The molecule has 1 unspecified atom stereocenters. The van der Waals surface area contributed by atoms with Crippen LogP contribution in [0.3, 0.4) is 0 Å². The zero-order valence-electron chi connectivity index (χ0n) is 12.3. The van der Waals surface area contributed by atoms with Crippen LogP contribution in [-0.4, -0.2) is 16.4 Å². The van der Waals surface area contributed by atoms with E-state index in [1.165, 1.54) is 0 Å². The molecule has 0 saturated carbocycles. The fourth-order valence-corrected chi connectivity index (χ4v) is 2.90.